The van der Waals surface area contributed by atoms with Crippen LogP contribution in [0.1, 0.15) is 50.3 Å². The lowest BCUT2D eigenvalue weighted by Gasteiger charge is -2.22. The molecule has 1 aliphatic rings. The highest BCUT2D eigenvalue weighted by Crippen LogP contribution is 2.31. The molecule has 2 aromatic heterocycles. The van der Waals surface area contributed by atoms with E-state index in [0.717, 1.165) is 45.1 Å². The average Bonchev–Trinajstić information content (AvgIpc) is 2.94. The number of halogens is 1. The van der Waals surface area contributed by atoms with Crippen LogP contribution in [0, 0.1) is 6.92 Å². The Kier molecular flexibility index (Phi) is 9.55. The number of nitrogens with zero attached hydrogens (tertiary/aromatic N) is 4. The molecule has 194 valence electrons. The third-order valence-corrected chi connectivity index (χ3v) is 7.73. The van der Waals surface area contributed by atoms with Crippen LogP contribution < -0.4 is 15.8 Å². The van der Waals surface area contributed by atoms with Gasteiger partial charge < -0.3 is 15.8 Å². The van der Waals surface area contributed by atoms with Crippen molar-refractivity contribution in [1.82, 2.24) is 19.9 Å². The van der Waals surface area contributed by atoms with E-state index in [9.17, 15) is 0 Å². The highest BCUT2D eigenvalue weighted by atomic mass is 35.5. The second kappa shape index (κ2) is 13.0. The van der Waals surface area contributed by atoms with Crippen molar-refractivity contribution in [1.29, 1.82) is 0 Å². The first-order chi connectivity index (χ1) is 18.1. The number of rotatable bonds is 7. The summed E-state index contributed by atoms with van der Waals surface area (Å²) in [6, 6.07) is 12.5. The summed E-state index contributed by atoms with van der Waals surface area (Å²) in [5.74, 6) is 1.42. The predicted molar refractivity (Wildman–Crippen MR) is 156 cm³/mol. The van der Waals surface area contributed by atoms with Crippen molar-refractivity contribution in [3.8, 4) is 11.3 Å². The van der Waals surface area contributed by atoms with Crippen LogP contribution in [-0.2, 0) is 6.42 Å². The Morgan fingerprint density at radius 3 is 2.54 bits per heavy atom. The number of nitrogens with one attached hydrogen (secondary N) is 2. The van der Waals surface area contributed by atoms with Gasteiger partial charge in [0.2, 0.25) is 5.95 Å². The van der Waals surface area contributed by atoms with Gasteiger partial charge in [-0.15, -0.1) is 0 Å². The van der Waals surface area contributed by atoms with E-state index in [1.807, 2.05) is 37.4 Å². The molecule has 0 saturated heterocycles. The molecule has 7 nitrogen and oxygen atoms in total. The van der Waals surface area contributed by atoms with Gasteiger partial charge in [0.25, 0.3) is 0 Å². The molecule has 0 atom stereocenters. The maximum atomic E-state index is 6.25. The first-order valence-corrected chi connectivity index (χ1v) is 14.0. The highest BCUT2D eigenvalue weighted by molar-refractivity contribution is 8.00. The van der Waals surface area contributed by atoms with E-state index in [0.29, 0.717) is 16.9 Å². The molecule has 0 unspecified atom stereocenters. The van der Waals surface area contributed by atoms with Gasteiger partial charge in [0.15, 0.2) is 5.82 Å². The maximum Gasteiger partial charge on any atom is 0.223 e. The van der Waals surface area contributed by atoms with Gasteiger partial charge in [-0.25, -0.2) is 15.0 Å². The fourth-order valence-electron chi connectivity index (χ4n) is 4.57. The lowest BCUT2D eigenvalue weighted by molar-refractivity contribution is 0.461. The monoisotopic (exact) mass is 535 g/mol. The summed E-state index contributed by atoms with van der Waals surface area (Å²) < 4.78 is 3.24. The summed E-state index contributed by atoms with van der Waals surface area (Å²) in [6.45, 7) is 4.14. The van der Waals surface area contributed by atoms with Gasteiger partial charge in [-0.1, -0.05) is 49.9 Å². The molecule has 4 N–H and O–H groups in total. The van der Waals surface area contributed by atoms with Crippen molar-refractivity contribution < 1.29 is 0 Å². The minimum atomic E-state index is 0.478. The fourth-order valence-corrected chi connectivity index (χ4v) is 5.45. The Morgan fingerprint density at radius 2 is 1.81 bits per heavy atom. The summed E-state index contributed by atoms with van der Waals surface area (Å²) in [5.41, 5.74) is 9.43. The molecule has 1 fully saturated rings. The quantitative estimate of drug-likeness (QED) is 0.216. The van der Waals surface area contributed by atoms with Crippen LogP contribution in [-0.4, -0.2) is 33.0 Å². The van der Waals surface area contributed by atoms with Gasteiger partial charge >= 0.3 is 0 Å². The number of hydrogen-bond donors (Lipinski definition) is 3. The van der Waals surface area contributed by atoms with Gasteiger partial charge in [-0.05, 0) is 75.0 Å². The minimum absolute atomic E-state index is 0.478. The summed E-state index contributed by atoms with van der Waals surface area (Å²) in [7, 11) is 1.50. The van der Waals surface area contributed by atoms with Crippen LogP contribution in [0.15, 0.2) is 53.7 Å². The Bertz CT molecular complexity index is 1340. The zero-order valence-corrected chi connectivity index (χ0v) is 23.2. The molecular formula is C28H34ClN7S. The molecule has 2 aromatic carbocycles. The predicted octanol–water partition coefficient (Wildman–Crippen LogP) is 7.05. The lowest BCUT2D eigenvalue weighted by atomic mass is 9.96. The standard InChI is InChI=1S/C27H29ClN6S.CH5N/c1-3-18-13-19(14-20-15-30-27(33-26(18)20)32-21-9-5-4-6-10-21)25-17(2)31-24(16-29-25)34-35-23-12-8-7-11-22(23)28;1-2/h7-8,11-16,21H,3-6,9-10H2,1-2H3,(H,31,34)(H,30,32,33);2H2,1H3. The second-order valence-corrected chi connectivity index (χ2v) is 10.2. The van der Waals surface area contributed by atoms with Crippen LogP contribution in [0.3, 0.4) is 0 Å². The SMILES string of the molecule is CCc1cc(-c2ncc(NSc3ccccc3Cl)nc2C)cc2cnc(NC3CCCCC3)nc12.CN. The van der Waals surface area contributed by atoms with Crippen LogP contribution >= 0.6 is 23.5 Å². The molecular weight excluding hydrogens is 502 g/mol. The maximum absolute atomic E-state index is 6.25. The molecule has 0 spiro atoms. The van der Waals surface area contributed by atoms with Crippen molar-refractivity contribution in [3.63, 3.8) is 0 Å². The normalized spacial score (nSPS) is 13.6. The van der Waals surface area contributed by atoms with Crippen LogP contribution in [0.5, 0.6) is 0 Å². The van der Waals surface area contributed by atoms with Crippen LogP contribution in [0.2, 0.25) is 5.02 Å². The first kappa shape index (κ1) is 27.1. The number of nitrogens with two attached hydrogens (primary N) is 1. The Morgan fingerprint density at radius 1 is 1.03 bits per heavy atom. The largest absolute Gasteiger partial charge is 0.351 e. The summed E-state index contributed by atoms with van der Waals surface area (Å²) in [6.07, 6.45) is 10.8. The topological polar surface area (TPSA) is 102 Å². The fraction of sp³-hybridized carbons (Fsp3) is 0.357. The van der Waals surface area contributed by atoms with E-state index in [-0.39, 0.29) is 0 Å². The highest BCUT2D eigenvalue weighted by Gasteiger charge is 2.16. The smallest absolute Gasteiger partial charge is 0.223 e. The first-order valence-electron chi connectivity index (χ1n) is 12.8. The van der Waals surface area contributed by atoms with E-state index in [1.54, 1.807) is 6.20 Å². The van der Waals surface area contributed by atoms with E-state index in [1.165, 1.54) is 56.7 Å². The van der Waals surface area contributed by atoms with Gasteiger partial charge in [0.1, 0.15) is 0 Å². The Labute approximate surface area is 228 Å². The van der Waals surface area contributed by atoms with Crippen molar-refractivity contribution >= 4 is 46.2 Å². The van der Waals surface area contributed by atoms with Gasteiger partial charge in [-0.2, -0.15) is 0 Å². The summed E-state index contributed by atoms with van der Waals surface area (Å²) >= 11 is 7.68. The van der Waals surface area contributed by atoms with E-state index >= 15 is 0 Å². The zero-order chi connectivity index (χ0) is 26.2. The Hall–Kier alpha value is -2.94. The average molecular weight is 536 g/mol. The molecule has 0 amide bonds. The molecule has 0 aliphatic heterocycles. The van der Waals surface area contributed by atoms with Crippen LogP contribution in [0.25, 0.3) is 22.2 Å². The molecule has 5 rings (SSSR count). The number of hydrogen-bond acceptors (Lipinski definition) is 8. The Balaban J connectivity index is 0.00000156. The third kappa shape index (κ3) is 6.69. The van der Waals surface area contributed by atoms with Crippen molar-refractivity contribution in [2.24, 2.45) is 5.73 Å². The number of fused-ring (bicyclic) bond motifs is 1. The summed E-state index contributed by atoms with van der Waals surface area (Å²) in [5, 5.41) is 5.27. The van der Waals surface area contributed by atoms with Gasteiger partial charge in [-0.3, -0.25) is 4.98 Å². The summed E-state index contributed by atoms with van der Waals surface area (Å²) in [4.78, 5) is 19.9. The third-order valence-electron chi connectivity index (χ3n) is 6.40. The molecule has 1 saturated carbocycles. The molecule has 0 radical (unpaired) electrons. The number of aryl methyl sites for hydroxylation is 2. The molecule has 2 heterocycles. The molecule has 0 bridgehead atoms. The van der Waals surface area contributed by atoms with Crippen molar-refractivity contribution in [2.45, 2.75) is 63.3 Å². The molecule has 4 aromatic rings. The van der Waals surface area contributed by atoms with Gasteiger partial charge in [0, 0.05) is 28.1 Å². The van der Waals surface area contributed by atoms with Crippen molar-refractivity contribution in [2.75, 3.05) is 17.1 Å². The number of anilines is 2. The van der Waals surface area contributed by atoms with E-state index in [4.69, 9.17) is 26.6 Å². The lowest BCUT2D eigenvalue weighted by Crippen LogP contribution is -2.23. The molecule has 9 heteroatoms. The number of aromatic nitrogens is 4. The van der Waals surface area contributed by atoms with Crippen LogP contribution in [0.4, 0.5) is 11.8 Å². The van der Waals surface area contributed by atoms with E-state index < -0.39 is 0 Å². The number of benzene rings is 2. The minimum Gasteiger partial charge on any atom is -0.351 e. The molecule has 37 heavy (non-hydrogen) atoms. The van der Waals surface area contributed by atoms with Gasteiger partial charge in [0.05, 0.1) is 28.1 Å². The van der Waals surface area contributed by atoms with Crippen molar-refractivity contribution in [3.05, 3.63) is 65.1 Å². The zero-order valence-electron chi connectivity index (χ0n) is 21.6. The molecule has 1 aliphatic carbocycles. The second-order valence-electron chi connectivity index (χ2n) is 8.92. The van der Waals surface area contributed by atoms with E-state index in [2.05, 4.69) is 39.8 Å².